The van der Waals surface area contributed by atoms with Gasteiger partial charge in [0.2, 0.25) is 5.43 Å². The summed E-state index contributed by atoms with van der Waals surface area (Å²) in [7, 11) is 0. The van der Waals surface area contributed by atoms with E-state index in [1.54, 1.807) is 6.92 Å². The number of carbonyl (C=O) groups excluding carboxylic acids is 2. The van der Waals surface area contributed by atoms with Crippen molar-refractivity contribution >= 4 is 28.5 Å². The van der Waals surface area contributed by atoms with Crippen molar-refractivity contribution in [2.45, 2.75) is 13.1 Å². The molecule has 0 atom stereocenters. The first-order chi connectivity index (χ1) is 13.7. The molecule has 0 fully saturated rings. The van der Waals surface area contributed by atoms with Crippen LogP contribution in [0.4, 0.5) is 18.9 Å². The molecule has 1 amide bonds. The van der Waals surface area contributed by atoms with E-state index >= 15 is 0 Å². The number of amides is 1. The maximum absolute atomic E-state index is 12.8. The molecule has 29 heavy (non-hydrogen) atoms. The van der Waals surface area contributed by atoms with Crippen molar-refractivity contribution < 1.29 is 27.5 Å². The third-order valence-electron chi connectivity index (χ3n) is 4.11. The Bertz CT molecular complexity index is 1140. The SMILES string of the molecule is CCOC(=O)c1ccc(NC(=O)c2c[nH]c3cc(C(F)(F)F)ccc3c2=O)cc1. The van der Waals surface area contributed by atoms with E-state index in [2.05, 4.69) is 10.3 Å². The normalized spacial score (nSPS) is 11.3. The fourth-order valence-electron chi connectivity index (χ4n) is 2.67. The van der Waals surface area contributed by atoms with Crippen molar-refractivity contribution in [1.82, 2.24) is 4.98 Å². The van der Waals surface area contributed by atoms with Gasteiger partial charge in [-0.1, -0.05) is 0 Å². The summed E-state index contributed by atoms with van der Waals surface area (Å²) in [6, 6.07) is 8.47. The van der Waals surface area contributed by atoms with Gasteiger partial charge < -0.3 is 15.0 Å². The van der Waals surface area contributed by atoms with Crippen LogP contribution in [0, 0.1) is 0 Å². The summed E-state index contributed by atoms with van der Waals surface area (Å²) in [6.07, 6.45) is -3.48. The number of hydrogen-bond donors (Lipinski definition) is 2. The molecule has 0 aliphatic carbocycles. The van der Waals surface area contributed by atoms with E-state index in [9.17, 15) is 27.6 Å². The number of carbonyl (C=O) groups is 2. The third kappa shape index (κ3) is 4.29. The maximum atomic E-state index is 12.8. The Labute approximate surface area is 162 Å². The molecule has 2 aromatic carbocycles. The van der Waals surface area contributed by atoms with Crippen molar-refractivity contribution in [3.63, 3.8) is 0 Å². The van der Waals surface area contributed by atoms with Crippen LogP contribution >= 0.6 is 0 Å². The lowest BCUT2D eigenvalue weighted by molar-refractivity contribution is -0.137. The highest BCUT2D eigenvalue weighted by Gasteiger charge is 2.30. The zero-order valence-corrected chi connectivity index (χ0v) is 15.1. The van der Waals surface area contributed by atoms with Gasteiger partial charge in [-0.05, 0) is 49.4 Å². The maximum Gasteiger partial charge on any atom is 0.416 e. The van der Waals surface area contributed by atoms with Gasteiger partial charge in [0.15, 0.2) is 0 Å². The molecule has 3 rings (SSSR count). The van der Waals surface area contributed by atoms with Gasteiger partial charge in [0.05, 0.1) is 17.7 Å². The van der Waals surface area contributed by atoms with Crippen LogP contribution in [0.15, 0.2) is 53.5 Å². The smallest absolute Gasteiger partial charge is 0.416 e. The second-order valence-corrected chi connectivity index (χ2v) is 6.04. The number of halogens is 3. The van der Waals surface area contributed by atoms with E-state index in [1.165, 1.54) is 24.3 Å². The molecule has 9 heteroatoms. The number of alkyl halides is 3. The molecule has 0 aliphatic rings. The number of rotatable bonds is 4. The van der Waals surface area contributed by atoms with E-state index in [1.807, 2.05) is 0 Å². The van der Waals surface area contributed by atoms with Crippen LogP contribution in [0.2, 0.25) is 0 Å². The molecule has 0 bridgehead atoms. The first kappa shape index (κ1) is 20.1. The van der Waals surface area contributed by atoms with Crippen LogP contribution in [0.3, 0.4) is 0 Å². The lowest BCUT2D eigenvalue weighted by Gasteiger charge is -2.09. The number of hydrogen-bond acceptors (Lipinski definition) is 4. The lowest BCUT2D eigenvalue weighted by atomic mass is 10.1. The van der Waals surface area contributed by atoms with Crippen molar-refractivity contribution in [2.24, 2.45) is 0 Å². The molecule has 0 radical (unpaired) electrons. The Balaban J connectivity index is 1.85. The van der Waals surface area contributed by atoms with Crippen LogP contribution in [0.1, 0.15) is 33.2 Å². The van der Waals surface area contributed by atoms with Crippen LogP contribution in [-0.2, 0) is 10.9 Å². The lowest BCUT2D eigenvalue weighted by Crippen LogP contribution is -2.22. The Morgan fingerprint density at radius 2 is 1.79 bits per heavy atom. The Morgan fingerprint density at radius 3 is 2.41 bits per heavy atom. The Kier molecular flexibility index (Phi) is 5.40. The standard InChI is InChI=1S/C20H15F3N2O4/c1-2-29-19(28)11-3-6-13(7-4-11)25-18(27)15-10-24-16-9-12(20(21,22)23)5-8-14(16)17(15)26/h3-10H,2H2,1H3,(H,24,26)(H,25,27). The van der Waals surface area contributed by atoms with E-state index < -0.39 is 29.0 Å². The Hall–Kier alpha value is -3.62. The topological polar surface area (TPSA) is 88.3 Å². The van der Waals surface area contributed by atoms with E-state index in [0.717, 1.165) is 24.4 Å². The Morgan fingerprint density at radius 1 is 1.10 bits per heavy atom. The number of aromatic amines is 1. The molecule has 1 heterocycles. The minimum atomic E-state index is -4.54. The van der Waals surface area contributed by atoms with Gasteiger partial charge in [-0.15, -0.1) is 0 Å². The largest absolute Gasteiger partial charge is 0.462 e. The van der Waals surface area contributed by atoms with Crippen LogP contribution in [0.5, 0.6) is 0 Å². The summed E-state index contributed by atoms with van der Waals surface area (Å²) >= 11 is 0. The van der Waals surface area contributed by atoms with Gasteiger partial charge in [-0.3, -0.25) is 9.59 Å². The van der Waals surface area contributed by atoms with Gasteiger partial charge in [0, 0.05) is 22.8 Å². The minimum absolute atomic E-state index is 0.0276. The minimum Gasteiger partial charge on any atom is -0.462 e. The fourth-order valence-corrected chi connectivity index (χ4v) is 2.67. The number of benzene rings is 2. The average molecular weight is 404 g/mol. The summed E-state index contributed by atoms with van der Waals surface area (Å²) in [5.74, 6) is -1.24. The quantitative estimate of drug-likeness (QED) is 0.644. The molecule has 6 nitrogen and oxygen atoms in total. The third-order valence-corrected chi connectivity index (χ3v) is 4.11. The second kappa shape index (κ2) is 7.78. The number of esters is 1. The molecule has 150 valence electrons. The molecule has 0 saturated heterocycles. The van der Waals surface area contributed by atoms with Crippen LogP contribution in [-0.4, -0.2) is 23.5 Å². The molecular formula is C20H15F3N2O4. The molecule has 2 N–H and O–H groups in total. The predicted octanol–water partition coefficient (Wildman–Crippen LogP) is 3.98. The van der Waals surface area contributed by atoms with E-state index in [-0.39, 0.29) is 23.1 Å². The summed E-state index contributed by atoms with van der Waals surface area (Å²) in [6.45, 7) is 1.91. The van der Waals surface area contributed by atoms with E-state index in [4.69, 9.17) is 4.74 Å². The summed E-state index contributed by atoms with van der Waals surface area (Å²) in [4.78, 5) is 39.1. The summed E-state index contributed by atoms with van der Waals surface area (Å²) in [5, 5.41) is 2.47. The monoisotopic (exact) mass is 404 g/mol. The number of ether oxygens (including phenoxy) is 1. The number of fused-ring (bicyclic) bond motifs is 1. The summed E-state index contributed by atoms with van der Waals surface area (Å²) < 4.78 is 43.3. The van der Waals surface area contributed by atoms with Crippen LogP contribution in [0.25, 0.3) is 10.9 Å². The number of aromatic nitrogens is 1. The first-order valence-corrected chi connectivity index (χ1v) is 8.52. The highest BCUT2D eigenvalue weighted by molar-refractivity contribution is 6.05. The molecule has 0 aliphatic heterocycles. The molecule has 0 saturated carbocycles. The molecule has 3 aromatic rings. The van der Waals surface area contributed by atoms with Crippen molar-refractivity contribution in [1.29, 1.82) is 0 Å². The highest BCUT2D eigenvalue weighted by Crippen LogP contribution is 2.30. The van der Waals surface area contributed by atoms with Gasteiger partial charge in [0.1, 0.15) is 5.56 Å². The zero-order chi connectivity index (χ0) is 21.2. The number of nitrogens with one attached hydrogen (secondary N) is 2. The van der Waals surface area contributed by atoms with Gasteiger partial charge in [0.25, 0.3) is 5.91 Å². The zero-order valence-electron chi connectivity index (χ0n) is 15.1. The van der Waals surface area contributed by atoms with Gasteiger partial charge >= 0.3 is 12.1 Å². The second-order valence-electron chi connectivity index (χ2n) is 6.04. The van der Waals surface area contributed by atoms with Gasteiger partial charge in [-0.25, -0.2) is 4.79 Å². The van der Waals surface area contributed by atoms with Crippen molar-refractivity contribution in [2.75, 3.05) is 11.9 Å². The molecule has 0 unspecified atom stereocenters. The van der Waals surface area contributed by atoms with E-state index in [0.29, 0.717) is 11.3 Å². The molecular weight excluding hydrogens is 389 g/mol. The van der Waals surface area contributed by atoms with Gasteiger partial charge in [-0.2, -0.15) is 13.2 Å². The van der Waals surface area contributed by atoms with Crippen LogP contribution < -0.4 is 10.7 Å². The average Bonchev–Trinajstić information content (AvgIpc) is 2.68. The highest BCUT2D eigenvalue weighted by atomic mass is 19.4. The molecule has 1 aromatic heterocycles. The summed E-state index contributed by atoms with van der Waals surface area (Å²) in [5.41, 5.74) is -1.26. The molecule has 0 spiro atoms. The van der Waals surface area contributed by atoms with Crippen molar-refractivity contribution in [3.05, 3.63) is 75.6 Å². The number of H-pyrrole nitrogens is 1. The first-order valence-electron chi connectivity index (χ1n) is 8.52. The fraction of sp³-hybridized carbons (Fsp3) is 0.150. The number of anilines is 1. The number of pyridine rings is 1. The predicted molar refractivity (Wildman–Crippen MR) is 99.9 cm³/mol. The van der Waals surface area contributed by atoms with Crippen molar-refractivity contribution in [3.8, 4) is 0 Å².